The van der Waals surface area contributed by atoms with E-state index in [4.69, 9.17) is 14.3 Å². The van der Waals surface area contributed by atoms with Gasteiger partial charge >= 0.3 is 5.97 Å². The zero-order valence-corrected chi connectivity index (χ0v) is 17.1. The van der Waals surface area contributed by atoms with Crippen LogP contribution in [-0.2, 0) is 5.75 Å². The van der Waals surface area contributed by atoms with Gasteiger partial charge in [-0.1, -0.05) is 23.4 Å². The lowest BCUT2D eigenvalue weighted by Gasteiger charge is -2.08. The average molecular weight is 428 g/mol. The molecule has 148 valence electrons. The molecule has 0 aliphatic carbocycles. The molecule has 4 aromatic rings. The number of H-pyrrole nitrogens is 1. The number of benzene rings is 1. The van der Waals surface area contributed by atoms with Gasteiger partial charge in [0.15, 0.2) is 5.16 Å². The molecule has 0 amide bonds. The number of aromatic amines is 1. The van der Waals surface area contributed by atoms with Gasteiger partial charge in [0.05, 0.1) is 18.2 Å². The Morgan fingerprint density at radius 2 is 2.14 bits per heavy atom. The van der Waals surface area contributed by atoms with E-state index >= 15 is 0 Å². The fraction of sp³-hybridized carbons (Fsp3) is 0.150. The van der Waals surface area contributed by atoms with Crippen molar-refractivity contribution in [2.75, 3.05) is 7.11 Å². The van der Waals surface area contributed by atoms with Crippen LogP contribution in [0.1, 0.15) is 21.9 Å². The lowest BCUT2D eigenvalue weighted by atomic mass is 10.0. The highest BCUT2D eigenvalue weighted by molar-refractivity contribution is 7.98. The fourth-order valence-corrected chi connectivity index (χ4v) is 4.69. The third kappa shape index (κ3) is 3.79. The number of methoxy groups -OCH3 is 1. The van der Waals surface area contributed by atoms with Crippen LogP contribution >= 0.6 is 23.1 Å². The van der Waals surface area contributed by atoms with Crippen molar-refractivity contribution < 1.29 is 19.1 Å². The molecule has 0 saturated heterocycles. The molecule has 0 unspecified atom stereocenters. The van der Waals surface area contributed by atoms with Crippen molar-refractivity contribution >= 4 is 39.3 Å². The number of nitrogens with zero attached hydrogens (tertiary/aromatic N) is 1. The molecule has 3 heterocycles. The van der Waals surface area contributed by atoms with Crippen molar-refractivity contribution in [2.24, 2.45) is 0 Å². The first-order chi connectivity index (χ1) is 14.0. The molecule has 0 aliphatic heterocycles. The van der Waals surface area contributed by atoms with Crippen LogP contribution in [0.25, 0.3) is 21.3 Å². The lowest BCUT2D eigenvalue weighted by Crippen LogP contribution is -2.08. The number of rotatable bonds is 6. The molecule has 3 aromatic heterocycles. The first kappa shape index (κ1) is 19.3. The third-order valence-electron chi connectivity index (χ3n) is 4.29. The average Bonchev–Trinajstić information content (AvgIpc) is 3.34. The monoisotopic (exact) mass is 428 g/mol. The molecule has 29 heavy (non-hydrogen) atoms. The van der Waals surface area contributed by atoms with Crippen LogP contribution in [-0.4, -0.2) is 28.2 Å². The van der Waals surface area contributed by atoms with E-state index in [2.05, 4.69) is 9.97 Å². The minimum Gasteiger partial charge on any atom is -0.496 e. The number of carboxylic acids is 1. The summed E-state index contributed by atoms with van der Waals surface area (Å²) in [6.07, 6.45) is 0. The summed E-state index contributed by atoms with van der Waals surface area (Å²) in [5, 5.41) is 11.8. The van der Waals surface area contributed by atoms with Crippen LogP contribution in [0.4, 0.5) is 0 Å². The Kier molecular flexibility index (Phi) is 5.16. The fourth-order valence-electron chi connectivity index (χ4n) is 2.94. The number of thioether (sulfide) groups is 1. The lowest BCUT2D eigenvalue weighted by molar-refractivity contribution is 0.0661. The number of ether oxygens (including phenoxy) is 1. The van der Waals surface area contributed by atoms with Gasteiger partial charge in [0.2, 0.25) is 5.76 Å². The van der Waals surface area contributed by atoms with E-state index in [1.54, 1.807) is 13.2 Å². The molecule has 4 rings (SSSR count). The Labute approximate surface area is 173 Å². The van der Waals surface area contributed by atoms with Gasteiger partial charge < -0.3 is 19.2 Å². The molecule has 1 aromatic carbocycles. The Morgan fingerprint density at radius 3 is 2.86 bits per heavy atom. The molecular formula is C20H16N2O5S2. The van der Waals surface area contributed by atoms with E-state index in [-0.39, 0.29) is 11.3 Å². The van der Waals surface area contributed by atoms with E-state index in [9.17, 15) is 9.59 Å². The van der Waals surface area contributed by atoms with Gasteiger partial charge in [-0.25, -0.2) is 9.78 Å². The highest BCUT2D eigenvalue weighted by atomic mass is 32.2. The van der Waals surface area contributed by atoms with Crippen molar-refractivity contribution in [2.45, 2.75) is 17.8 Å². The first-order valence-electron chi connectivity index (χ1n) is 8.57. The van der Waals surface area contributed by atoms with Crippen molar-refractivity contribution in [1.82, 2.24) is 9.97 Å². The van der Waals surface area contributed by atoms with Gasteiger partial charge in [0.1, 0.15) is 16.3 Å². The molecule has 0 aliphatic rings. The van der Waals surface area contributed by atoms with Gasteiger partial charge in [-0.2, -0.15) is 0 Å². The highest BCUT2D eigenvalue weighted by Gasteiger charge is 2.17. The van der Waals surface area contributed by atoms with Crippen LogP contribution in [0.3, 0.4) is 0 Å². The molecule has 0 fully saturated rings. The third-order valence-corrected chi connectivity index (χ3v) is 6.06. The maximum atomic E-state index is 12.8. The highest BCUT2D eigenvalue weighted by Crippen LogP contribution is 2.37. The normalized spacial score (nSPS) is 11.1. The SMILES string of the molecule is COc1ccc(C)cc1-c1csc2nc(SCc3ccc(C(=O)O)o3)[nH]c(=O)c12. The van der Waals surface area contributed by atoms with Crippen LogP contribution in [0.5, 0.6) is 5.75 Å². The number of fused-ring (bicyclic) bond motifs is 1. The molecule has 9 heteroatoms. The Hall–Kier alpha value is -3.04. The topological polar surface area (TPSA) is 105 Å². The molecule has 0 saturated carbocycles. The largest absolute Gasteiger partial charge is 0.496 e. The van der Waals surface area contributed by atoms with E-state index in [0.29, 0.717) is 32.6 Å². The number of aryl methyl sites for hydroxylation is 1. The van der Waals surface area contributed by atoms with Crippen LogP contribution in [0.15, 0.2) is 50.1 Å². The zero-order chi connectivity index (χ0) is 20.5. The number of carbonyl (C=O) groups is 1. The van der Waals surface area contributed by atoms with Gasteiger partial charge in [-0.15, -0.1) is 11.3 Å². The molecule has 0 atom stereocenters. The zero-order valence-electron chi connectivity index (χ0n) is 15.5. The Bertz CT molecular complexity index is 1270. The Balaban J connectivity index is 1.66. The number of hydrogen-bond donors (Lipinski definition) is 2. The quantitative estimate of drug-likeness (QED) is 0.343. The number of thiophene rings is 1. The smallest absolute Gasteiger partial charge is 0.371 e. The number of nitrogens with one attached hydrogen (secondary N) is 1. The maximum absolute atomic E-state index is 12.8. The summed E-state index contributed by atoms with van der Waals surface area (Å²) in [6.45, 7) is 1.99. The van der Waals surface area contributed by atoms with Gasteiger partial charge in [0, 0.05) is 16.5 Å². The molecule has 0 bridgehead atoms. The molecule has 2 N–H and O–H groups in total. The van der Waals surface area contributed by atoms with E-state index in [1.165, 1.54) is 29.2 Å². The van der Waals surface area contributed by atoms with Gasteiger partial charge in [-0.3, -0.25) is 4.79 Å². The van der Waals surface area contributed by atoms with E-state index < -0.39 is 5.97 Å². The summed E-state index contributed by atoms with van der Waals surface area (Å²) < 4.78 is 10.7. The van der Waals surface area contributed by atoms with Gasteiger partial charge in [-0.05, 0) is 31.2 Å². The molecule has 7 nitrogen and oxygen atoms in total. The second kappa shape index (κ2) is 7.76. The minimum absolute atomic E-state index is 0.118. The Morgan fingerprint density at radius 1 is 1.31 bits per heavy atom. The van der Waals surface area contributed by atoms with Crippen molar-refractivity contribution in [3.05, 3.63) is 63.1 Å². The second-order valence-electron chi connectivity index (χ2n) is 6.26. The number of aromatic nitrogens is 2. The second-order valence-corrected chi connectivity index (χ2v) is 8.09. The predicted octanol–water partition coefficient (Wildman–Crippen LogP) is 4.55. The number of aromatic carboxylic acids is 1. The maximum Gasteiger partial charge on any atom is 0.371 e. The standard InChI is InChI=1S/C20H16N2O5S2/c1-10-3-5-14(26-2)12(7-10)13-9-28-18-16(13)17(23)21-20(22-18)29-8-11-4-6-15(27-11)19(24)25/h3-7,9H,8H2,1-2H3,(H,24,25)(H,21,22,23). The van der Waals surface area contributed by atoms with Crippen molar-refractivity contribution in [1.29, 1.82) is 0 Å². The molecule has 0 spiro atoms. The van der Waals surface area contributed by atoms with Crippen LogP contribution in [0.2, 0.25) is 0 Å². The van der Waals surface area contributed by atoms with E-state index in [1.807, 2.05) is 30.5 Å². The number of furan rings is 1. The van der Waals surface area contributed by atoms with Crippen LogP contribution < -0.4 is 10.3 Å². The predicted molar refractivity (Wildman–Crippen MR) is 112 cm³/mol. The summed E-state index contributed by atoms with van der Waals surface area (Å²) >= 11 is 2.66. The van der Waals surface area contributed by atoms with Gasteiger partial charge in [0.25, 0.3) is 5.56 Å². The van der Waals surface area contributed by atoms with Crippen LogP contribution in [0, 0.1) is 6.92 Å². The summed E-state index contributed by atoms with van der Waals surface area (Å²) in [4.78, 5) is 31.7. The molecule has 0 radical (unpaired) electrons. The van der Waals surface area contributed by atoms with Crippen molar-refractivity contribution in [3.8, 4) is 16.9 Å². The number of hydrogen-bond acceptors (Lipinski definition) is 7. The summed E-state index contributed by atoms with van der Waals surface area (Å²) in [6, 6.07) is 8.82. The summed E-state index contributed by atoms with van der Waals surface area (Å²) in [5.74, 6) is 0.303. The summed E-state index contributed by atoms with van der Waals surface area (Å²) in [7, 11) is 1.60. The van der Waals surface area contributed by atoms with Crippen molar-refractivity contribution in [3.63, 3.8) is 0 Å². The minimum atomic E-state index is -1.12. The number of carboxylic acid groups (broad SMARTS) is 1. The van der Waals surface area contributed by atoms with E-state index in [0.717, 1.165) is 16.7 Å². The summed E-state index contributed by atoms with van der Waals surface area (Å²) in [5.41, 5.74) is 2.47. The molecular weight excluding hydrogens is 412 g/mol. The first-order valence-corrected chi connectivity index (χ1v) is 10.4.